The van der Waals surface area contributed by atoms with Crippen LogP contribution in [0.3, 0.4) is 0 Å². The monoisotopic (exact) mass is 294 g/mol. The lowest BCUT2D eigenvalue weighted by molar-refractivity contribution is 0.522. The molecule has 0 aliphatic heterocycles. The topological polar surface area (TPSA) is 55.1 Å². The third-order valence-electron chi connectivity index (χ3n) is 3.56. The van der Waals surface area contributed by atoms with Crippen molar-refractivity contribution in [3.63, 3.8) is 0 Å². The summed E-state index contributed by atoms with van der Waals surface area (Å²) < 4.78 is 5.21. The fraction of sp³-hybridized carbons (Fsp3) is 0.222. The lowest BCUT2D eigenvalue weighted by Crippen LogP contribution is -2.04. The molecule has 22 heavy (non-hydrogen) atoms. The van der Waals surface area contributed by atoms with Crippen LogP contribution < -0.4 is 10.9 Å². The van der Waals surface area contributed by atoms with Gasteiger partial charge in [0.1, 0.15) is 0 Å². The van der Waals surface area contributed by atoms with Gasteiger partial charge in [0.2, 0.25) is 0 Å². The maximum absolute atomic E-state index is 11.9. The molecule has 112 valence electrons. The molecule has 0 saturated heterocycles. The van der Waals surface area contributed by atoms with E-state index in [1.165, 1.54) is 18.4 Å². The molecule has 0 atom stereocenters. The summed E-state index contributed by atoms with van der Waals surface area (Å²) in [5.74, 6) is 0. The first-order chi connectivity index (χ1) is 10.8. The average Bonchev–Trinajstić information content (AvgIpc) is 2.54. The van der Waals surface area contributed by atoms with E-state index in [4.69, 9.17) is 4.42 Å². The number of unbranched alkanes of at least 4 members (excludes halogenated alkanes) is 1. The Hall–Kier alpha value is -2.62. The SMILES string of the molecule is CCCCc1ccc(Nc2nc3ccccc3c(=O)o2)cc1. The zero-order valence-electron chi connectivity index (χ0n) is 12.5. The van der Waals surface area contributed by atoms with Crippen LogP contribution in [-0.4, -0.2) is 4.98 Å². The van der Waals surface area contributed by atoms with Crippen molar-refractivity contribution >= 4 is 22.6 Å². The third-order valence-corrected chi connectivity index (χ3v) is 3.56. The van der Waals surface area contributed by atoms with Gasteiger partial charge in [-0.15, -0.1) is 0 Å². The summed E-state index contributed by atoms with van der Waals surface area (Å²) >= 11 is 0. The Bertz CT molecular complexity index is 822. The highest BCUT2D eigenvalue weighted by Gasteiger charge is 2.05. The Morgan fingerprint density at radius 1 is 1.09 bits per heavy atom. The van der Waals surface area contributed by atoms with E-state index in [0.717, 1.165) is 12.1 Å². The van der Waals surface area contributed by atoms with E-state index in [1.807, 2.05) is 18.2 Å². The second kappa shape index (κ2) is 6.43. The van der Waals surface area contributed by atoms with Crippen LogP contribution in [0.25, 0.3) is 10.9 Å². The molecule has 4 heteroatoms. The first-order valence-electron chi connectivity index (χ1n) is 7.52. The average molecular weight is 294 g/mol. The second-order valence-electron chi connectivity index (χ2n) is 5.25. The van der Waals surface area contributed by atoms with Crippen molar-refractivity contribution in [3.05, 3.63) is 64.5 Å². The molecule has 0 unspecified atom stereocenters. The van der Waals surface area contributed by atoms with E-state index in [-0.39, 0.29) is 11.6 Å². The van der Waals surface area contributed by atoms with Crippen LogP contribution in [0, 0.1) is 0 Å². The Balaban J connectivity index is 1.82. The zero-order valence-corrected chi connectivity index (χ0v) is 12.5. The van der Waals surface area contributed by atoms with Crippen LogP contribution >= 0.6 is 0 Å². The minimum atomic E-state index is -0.382. The number of nitrogens with one attached hydrogen (secondary N) is 1. The van der Waals surface area contributed by atoms with E-state index < -0.39 is 0 Å². The summed E-state index contributed by atoms with van der Waals surface area (Å²) in [4.78, 5) is 16.2. The highest BCUT2D eigenvalue weighted by Crippen LogP contribution is 2.17. The molecule has 0 fully saturated rings. The molecule has 0 saturated carbocycles. The van der Waals surface area contributed by atoms with Gasteiger partial charge in [-0.25, -0.2) is 4.79 Å². The Kier molecular flexibility index (Phi) is 4.19. The van der Waals surface area contributed by atoms with E-state index in [9.17, 15) is 4.79 Å². The maximum atomic E-state index is 11.9. The van der Waals surface area contributed by atoms with Crippen molar-refractivity contribution < 1.29 is 4.42 Å². The lowest BCUT2D eigenvalue weighted by atomic mass is 10.1. The number of rotatable bonds is 5. The zero-order chi connectivity index (χ0) is 15.4. The molecule has 0 spiro atoms. The van der Waals surface area contributed by atoms with Crippen LogP contribution in [0.2, 0.25) is 0 Å². The molecule has 1 N–H and O–H groups in total. The van der Waals surface area contributed by atoms with Gasteiger partial charge in [0.25, 0.3) is 0 Å². The summed E-state index contributed by atoms with van der Waals surface area (Å²) in [6, 6.07) is 15.5. The van der Waals surface area contributed by atoms with E-state index in [0.29, 0.717) is 10.9 Å². The van der Waals surface area contributed by atoms with Gasteiger partial charge in [0.15, 0.2) is 0 Å². The molecule has 0 radical (unpaired) electrons. The summed E-state index contributed by atoms with van der Waals surface area (Å²) in [6.07, 6.45) is 3.46. The normalized spacial score (nSPS) is 10.8. The molecule has 1 aromatic heterocycles. The second-order valence-corrected chi connectivity index (χ2v) is 5.25. The fourth-order valence-electron chi connectivity index (χ4n) is 2.33. The molecule has 0 aliphatic rings. The number of hydrogen-bond donors (Lipinski definition) is 1. The lowest BCUT2D eigenvalue weighted by Gasteiger charge is -2.06. The number of nitrogens with zero attached hydrogens (tertiary/aromatic N) is 1. The number of aromatic nitrogens is 1. The van der Waals surface area contributed by atoms with Gasteiger partial charge in [-0.2, -0.15) is 4.98 Å². The minimum Gasteiger partial charge on any atom is -0.388 e. The molecular weight excluding hydrogens is 276 g/mol. The summed E-state index contributed by atoms with van der Waals surface area (Å²) in [5.41, 5.74) is 2.40. The summed E-state index contributed by atoms with van der Waals surface area (Å²) in [7, 11) is 0. The predicted octanol–water partition coefficient (Wildman–Crippen LogP) is 4.27. The number of hydrogen-bond acceptors (Lipinski definition) is 4. The van der Waals surface area contributed by atoms with E-state index in [1.54, 1.807) is 18.2 Å². The highest BCUT2D eigenvalue weighted by atomic mass is 16.4. The molecule has 0 amide bonds. The van der Waals surface area contributed by atoms with Crippen LogP contribution in [0.1, 0.15) is 25.3 Å². The molecule has 3 rings (SSSR count). The molecule has 2 aromatic carbocycles. The minimum absolute atomic E-state index is 0.213. The van der Waals surface area contributed by atoms with Crippen LogP contribution in [-0.2, 0) is 6.42 Å². The predicted molar refractivity (Wildman–Crippen MR) is 88.6 cm³/mol. The van der Waals surface area contributed by atoms with Crippen LogP contribution in [0.15, 0.2) is 57.7 Å². The van der Waals surface area contributed by atoms with Crippen molar-refractivity contribution in [3.8, 4) is 0 Å². The van der Waals surface area contributed by atoms with Gasteiger partial charge in [-0.3, -0.25) is 0 Å². The quantitative estimate of drug-likeness (QED) is 0.763. The molecule has 3 aromatic rings. The fourth-order valence-corrected chi connectivity index (χ4v) is 2.33. The number of anilines is 2. The van der Waals surface area contributed by atoms with Crippen molar-refractivity contribution in [2.45, 2.75) is 26.2 Å². The van der Waals surface area contributed by atoms with Crippen molar-refractivity contribution in [2.75, 3.05) is 5.32 Å². The first-order valence-corrected chi connectivity index (χ1v) is 7.52. The smallest absolute Gasteiger partial charge is 0.348 e. The van der Waals surface area contributed by atoms with Crippen molar-refractivity contribution in [2.24, 2.45) is 0 Å². The van der Waals surface area contributed by atoms with Gasteiger partial charge >= 0.3 is 11.6 Å². The number of benzene rings is 2. The molecule has 0 aliphatic carbocycles. The van der Waals surface area contributed by atoms with Gasteiger partial charge in [-0.05, 0) is 42.7 Å². The van der Waals surface area contributed by atoms with Gasteiger partial charge in [0, 0.05) is 5.69 Å². The number of para-hydroxylation sites is 1. The Morgan fingerprint density at radius 3 is 2.64 bits per heavy atom. The Morgan fingerprint density at radius 2 is 1.86 bits per heavy atom. The van der Waals surface area contributed by atoms with Gasteiger partial charge < -0.3 is 9.73 Å². The van der Waals surface area contributed by atoms with Gasteiger partial charge in [0.05, 0.1) is 10.9 Å². The highest BCUT2D eigenvalue weighted by molar-refractivity contribution is 5.77. The van der Waals surface area contributed by atoms with E-state index in [2.05, 4.69) is 29.4 Å². The Labute approximate surface area is 128 Å². The molecule has 1 heterocycles. The largest absolute Gasteiger partial charge is 0.388 e. The standard InChI is InChI=1S/C18H18N2O2/c1-2-3-6-13-9-11-14(12-10-13)19-18-20-16-8-5-4-7-15(16)17(21)22-18/h4-5,7-12H,2-3,6H2,1H3,(H,19,20). The number of aryl methyl sites for hydroxylation is 1. The van der Waals surface area contributed by atoms with Crippen molar-refractivity contribution in [1.29, 1.82) is 0 Å². The van der Waals surface area contributed by atoms with Crippen molar-refractivity contribution in [1.82, 2.24) is 4.98 Å². The molecule has 4 nitrogen and oxygen atoms in total. The summed E-state index contributed by atoms with van der Waals surface area (Å²) in [5, 5.41) is 3.53. The number of fused-ring (bicyclic) bond motifs is 1. The maximum Gasteiger partial charge on any atom is 0.348 e. The van der Waals surface area contributed by atoms with Crippen LogP contribution in [0.5, 0.6) is 0 Å². The van der Waals surface area contributed by atoms with E-state index >= 15 is 0 Å². The summed E-state index contributed by atoms with van der Waals surface area (Å²) in [6.45, 7) is 2.18. The third kappa shape index (κ3) is 3.17. The van der Waals surface area contributed by atoms with Crippen LogP contribution in [0.4, 0.5) is 11.7 Å². The van der Waals surface area contributed by atoms with Gasteiger partial charge in [-0.1, -0.05) is 37.6 Å². The molecular formula is C18H18N2O2. The first kappa shape index (κ1) is 14.3. The molecule has 0 bridgehead atoms.